The van der Waals surface area contributed by atoms with Gasteiger partial charge in [-0.25, -0.2) is 39.1 Å². The lowest BCUT2D eigenvalue weighted by Crippen LogP contribution is -2.29. The lowest BCUT2D eigenvalue weighted by molar-refractivity contribution is 0.0934. The first-order valence-corrected chi connectivity index (χ1v) is 30.3. The summed E-state index contributed by atoms with van der Waals surface area (Å²) in [6, 6.07) is 34.4. The van der Waals surface area contributed by atoms with E-state index in [4.69, 9.17) is 18.9 Å². The van der Waals surface area contributed by atoms with Crippen LogP contribution in [0.2, 0.25) is 0 Å². The molecule has 0 fully saturated rings. The zero-order valence-electron chi connectivity index (χ0n) is 54.6. The van der Waals surface area contributed by atoms with Crippen LogP contribution in [0.25, 0.3) is 44.7 Å². The van der Waals surface area contributed by atoms with Crippen LogP contribution < -0.4 is 63.0 Å². The smallest absolute Gasteiger partial charge is 0.329 e. The fraction of sp³-hybridized carbons (Fsp3) is 0.257. The molecule has 0 spiro atoms. The first kappa shape index (κ1) is 73.1. The number of pyridine rings is 4. The van der Waals surface area contributed by atoms with Crippen LogP contribution in [-0.2, 0) is 28.2 Å². The minimum atomic E-state index is -0.353. The minimum Gasteiger partial charge on any atom is -0.455 e. The van der Waals surface area contributed by atoms with Crippen molar-refractivity contribution < 1.29 is 38.1 Å². The van der Waals surface area contributed by atoms with Crippen molar-refractivity contribution in [3.63, 3.8) is 0 Å². The van der Waals surface area contributed by atoms with Crippen LogP contribution >= 0.6 is 0 Å². The van der Waals surface area contributed by atoms with Crippen LogP contribution in [-0.4, -0.2) is 106 Å². The number of nitrogens with zero attached hydrogens (tertiary/aromatic N) is 8. The van der Waals surface area contributed by atoms with Crippen molar-refractivity contribution in [2.45, 2.75) is 94.4 Å². The number of ether oxygens (including phenoxy) is 4. The Bertz CT molecular complexity index is 5080. The third kappa shape index (κ3) is 17.7. The number of amides is 4. The molecular weight excluding hydrogens is 1260 g/mol. The molecule has 12 rings (SSSR count). The summed E-state index contributed by atoms with van der Waals surface area (Å²) in [7, 11) is 6.61. The number of fused-ring (bicyclic) bond motifs is 4. The number of nitrogens with one attached hydrogen (secondary N) is 8. The largest absolute Gasteiger partial charge is 0.455 e. The van der Waals surface area contributed by atoms with Crippen molar-refractivity contribution in [2.24, 2.45) is 28.2 Å². The van der Waals surface area contributed by atoms with Gasteiger partial charge in [0.25, 0.3) is 23.6 Å². The van der Waals surface area contributed by atoms with Gasteiger partial charge in [0.05, 0.1) is 0 Å². The highest BCUT2D eigenvalue weighted by Gasteiger charge is 2.19. The van der Waals surface area contributed by atoms with Crippen LogP contribution in [0, 0.1) is 0 Å². The highest BCUT2D eigenvalue weighted by Crippen LogP contribution is 2.32. The monoisotopic (exact) mass is 1340 g/mol. The Morgan fingerprint density at radius 1 is 0.378 bits per heavy atom. The van der Waals surface area contributed by atoms with E-state index >= 15 is 0 Å². The Morgan fingerprint density at radius 3 is 1.16 bits per heavy atom. The second-order valence-electron chi connectivity index (χ2n) is 23.0. The summed E-state index contributed by atoms with van der Waals surface area (Å²) >= 11 is 0. The molecule has 0 saturated carbocycles. The zero-order valence-corrected chi connectivity index (χ0v) is 54.6. The molecule has 28 heteroatoms. The molecule has 8 heterocycles. The Hall–Kier alpha value is -12.4. The lowest BCUT2D eigenvalue weighted by atomic mass is 10.2. The summed E-state index contributed by atoms with van der Waals surface area (Å²) in [6.07, 6.45) is 6.26. The number of aryl methyl sites for hydroxylation is 4. The number of aromatic amines is 4. The van der Waals surface area contributed by atoms with Gasteiger partial charge in [-0.05, 0) is 128 Å². The topological polar surface area (TPSA) is 356 Å². The van der Waals surface area contributed by atoms with Gasteiger partial charge in [-0.3, -0.25) is 47.4 Å². The van der Waals surface area contributed by atoms with Crippen molar-refractivity contribution in [1.29, 1.82) is 0 Å². The first-order valence-electron chi connectivity index (χ1n) is 30.3. The third-order valence-electron chi connectivity index (χ3n) is 14.0. The van der Waals surface area contributed by atoms with E-state index in [0.717, 1.165) is 0 Å². The highest BCUT2D eigenvalue weighted by atomic mass is 16.5. The maximum absolute atomic E-state index is 12.1. The number of imidazole rings is 4. The Morgan fingerprint density at radius 2 is 0.735 bits per heavy atom. The first-order chi connectivity index (χ1) is 45.8. The number of carbonyl (C=O) groups is 4. The number of hydrogen-bond acceptors (Lipinski definition) is 16. The minimum absolute atomic E-state index is 0. The molecule has 8 N–H and O–H groups in total. The predicted octanol–water partition coefficient (Wildman–Crippen LogP) is 10.0. The van der Waals surface area contributed by atoms with Crippen molar-refractivity contribution in [3.8, 4) is 46.0 Å². The van der Waals surface area contributed by atoms with Gasteiger partial charge in [0.15, 0.2) is 45.6 Å². The Labute approximate surface area is 562 Å². The molecule has 98 heavy (non-hydrogen) atoms. The van der Waals surface area contributed by atoms with Crippen molar-refractivity contribution >= 4 is 68.3 Å². The van der Waals surface area contributed by atoms with E-state index < -0.39 is 0 Å². The van der Waals surface area contributed by atoms with E-state index in [9.17, 15) is 38.4 Å². The van der Waals surface area contributed by atoms with Crippen LogP contribution in [0.5, 0.6) is 46.0 Å². The summed E-state index contributed by atoms with van der Waals surface area (Å²) in [6.45, 7) is 15.2. The van der Waals surface area contributed by atoms with Crippen molar-refractivity contribution in [1.82, 2.24) is 79.4 Å². The Kier molecular flexibility index (Phi) is 24.0. The van der Waals surface area contributed by atoms with Crippen LogP contribution in [0.1, 0.15) is 112 Å². The van der Waals surface area contributed by atoms with Crippen LogP contribution in [0.15, 0.2) is 165 Å². The number of benzene rings is 4. The maximum Gasteiger partial charge on any atom is 0.329 e. The molecule has 0 aliphatic rings. The van der Waals surface area contributed by atoms with E-state index in [-0.39, 0.29) is 85.4 Å². The summed E-state index contributed by atoms with van der Waals surface area (Å²) in [4.78, 5) is 123. The van der Waals surface area contributed by atoms with E-state index in [1.807, 2.05) is 55.4 Å². The number of hydrogen-bond donors (Lipinski definition) is 8. The molecule has 0 unspecified atom stereocenters. The van der Waals surface area contributed by atoms with Gasteiger partial charge in [-0.2, -0.15) is 0 Å². The molecule has 8 aromatic heterocycles. The fourth-order valence-corrected chi connectivity index (χ4v) is 9.57. The molecule has 12 aromatic rings. The van der Waals surface area contributed by atoms with Gasteiger partial charge in [0.2, 0.25) is 0 Å². The number of carbonyl (C=O) groups excluding carboxylic acids is 4. The van der Waals surface area contributed by atoms with Gasteiger partial charge in [0.1, 0.15) is 45.1 Å². The molecule has 0 radical (unpaired) electrons. The second-order valence-corrected chi connectivity index (χ2v) is 23.0. The molecule has 512 valence electrons. The van der Waals surface area contributed by atoms with Gasteiger partial charge in [-0.15, -0.1) is 0 Å². The van der Waals surface area contributed by atoms with Crippen LogP contribution in [0.3, 0.4) is 0 Å². The van der Waals surface area contributed by atoms with Gasteiger partial charge in [0, 0.05) is 124 Å². The average Bonchev–Trinajstić information content (AvgIpc) is 1.62. The summed E-state index contributed by atoms with van der Waals surface area (Å²) in [5.41, 5.74) is 5.06. The number of rotatable bonds is 16. The molecule has 0 aliphatic heterocycles. The van der Waals surface area contributed by atoms with E-state index in [0.29, 0.717) is 113 Å². The van der Waals surface area contributed by atoms with Crippen molar-refractivity contribution in [3.05, 3.63) is 210 Å². The fourth-order valence-electron chi connectivity index (χ4n) is 9.57. The number of H-pyrrole nitrogens is 4. The lowest BCUT2D eigenvalue weighted by Gasteiger charge is -2.11. The standard InChI is InChI=1S/C18H20N4O3.2C17H18N4O3.C16H16N4O3.2CH4/c1-11(2)20-17(23)12-6-5-7-13(10-12)25-14-8-9-19-16-15(14)21(3)18(24)22(16)4;1-10(2)19-16(22)11-5-4-6-12(9-11)24-13-7-8-18-15-14(13)21(3)17(23)20-15;1-10(2)19-16(22)11-5-4-6-12(9-11)24-13-7-8-18-15-14(13)20-17(23)21(15)3;1-9(2)18-15(21)10-4-3-5-11(8-10)23-12-6-7-17-14-13(12)19-16(22)20-14;;/h5-11H,1-4H3,(H,20,23);4-10H,1-3H3,(H,19,22)(H,18,20,23);4-10H,1-3H3,(H,19,22)(H,20,23);3-9H,1-2H3,(H,18,21)(H2,17,19,20,22);2*1H4. The quantitative estimate of drug-likeness (QED) is 0.0446. The zero-order chi connectivity index (χ0) is 69.1. The molecule has 0 bridgehead atoms. The summed E-state index contributed by atoms with van der Waals surface area (Å²) in [5, 5.41) is 11.3. The molecule has 28 nitrogen and oxygen atoms in total. The van der Waals surface area contributed by atoms with Gasteiger partial charge in [-0.1, -0.05) is 39.1 Å². The second kappa shape index (κ2) is 32.2. The summed E-state index contributed by atoms with van der Waals surface area (Å²) < 4.78 is 29.3. The normalized spacial score (nSPS) is 10.8. The predicted molar refractivity (Wildman–Crippen MR) is 375 cm³/mol. The van der Waals surface area contributed by atoms with Crippen LogP contribution in [0.4, 0.5) is 0 Å². The molecule has 4 aromatic carbocycles. The molecular formula is C70H80N16O12. The van der Waals surface area contributed by atoms with E-state index in [1.165, 1.54) is 24.5 Å². The van der Waals surface area contributed by atoms with Gasteiger partial charge >= 0.3 is 22.8 Å². The Balaban J connectivity index is 0.000000183. The highest BCUT2D eigenvalue weighted by molar-refractivity contribution is 5.97. The number of aromatic nitrogens is 12. The van der Waals surface area contributed by atoms with E-state index in [1.54, 1.807) is 168 Å². The maximum atomic E-state index is 12.1. The van der Waals surface area contributed by atoms with Crippen molar-refractivity contribution in [2.75, 3.05) is 0 Å². The van der Waals surface area contributed by atoms with Gasteiger partial charge < -0.3 is 50.2 Å². The summed E-state index contributed by atoms with van der Waals surface area (Å²) in [5.74, 6) is 3.29. The molecule has 0 aliphatic carbocycles. The SMILES string of the molecule is C.C.CC(C)NC(=O)c1cccc(Oc2ccnc3[nH]c(=O)[nH]c23)c1.CC(C)NC(=O)c1cccc(Oc2ccnc3[nH]c(=O)n(C)c23)c1.CC(C)NC(=O)c1cccc(Oc2ccnc3c2[nH]c(=O)n3C)c1.CC(C)NC(=O)c1cccc(Oc2ccnc3c2n(C)c(=O)n3C)c1. The average molecular weight is 1340 g/mol. The molecule has 0 atom stereocenters. The molecule has 0 saturated heterocycles. The molecule has 4 amide bonds. The third-order valence-corrected chi connectivity index (χ3v) is 14.0. The van der Waals surface area contributed by atoms with E-state index in [2.05, 4.69) is 61.1 Å².